The van der Waals surface area contributed by atoms with Crippen LogP contribution in [0.1, 0.15) is 30.5 Å². The predicted molar refractivity (Wildman–Crippen MR) is 103 cm³/mol. The highest BCUT2D eigenvalue weighted by Gasteiger charge is 2.09. The number of aromatic nitrogens is 3. The van der Waals surface area contributed by atoms with Crippen molar-refractivity contribution in [2.24, 2.45) is 0 Å². The minimum Gasteiger partial charge on any atom is -0.339 e. The Kier molecular flexibility index (Phi) is 5.23. The molecule has 2 N–H and O–H groups in total. The summed E-state index contributed by atoms with van der Waals surface area (Å²) in [5, 5.41) is 14.8. The molecule has 5 heteroatoms. The van der Waals surface area contributed by atoms with Crippen LogP contribution in [0.4, 0.5) is 23.1 Å². The summed E-state index contributed by atoms with van der Waals surface area (Å²) in [7, 11) is 0. The van der Waals surface area contributed by atoms with E-state index in [1.807, 2.05) is 12.1 Å². The van der Waals surface area contributed by atoms with E-state index in [0.717, 1.165) is 24.2 Å². The summed E-state index contributed by atoms with van der Waals surface area (Å²) in [6, 6.07) is 14.5. The lowest BCUT2D eigenvalue weighted by Gasteiger charge is -2.14. The molecule has 0 aliphatic heterocycles. The summed E-state index contributed by atoms with van der Waals surface area (Å²) in [6.07, 6.45) is 3.52. The maximum Gasteiger partial charge on any atom is 0.249 e. The summed E-state index contributed by atoms with van der Waals surface area (Å²) in [6.45, 7) is 6.36. The van der Waals surface area contributed by atoms with Gasteiger partial charge in [0.25, 0.3) is 0 Å². The first kappa shape index (κ1) is 16.9. The zero-order chi connectivity index (χ0) is 17.6. The molecule has 2 aromatic carbocycles. The molecular weight excluding hydrogens is 310 g/mol. The Morgan fingerprint density at radius 1 is 0.880 bits per heavy atom. The average Bonchev–Trinajstić information content (AvgIpc) is 2.64. The van der Waals surface area contributed by atoms with Crippen molar-refractivity contribution in [3.8, 4) is 0 Å². The predicted octanol–water partition coefficient (Wildman–Crippen LogP) is 4.79. The van der Waals surface area contributed by atoms with E-state index in [9.17, 15) is 0 Å². The lowest BCUT2D eigenvalue weighted by molar-refractivity contribution is 0.976. The van der Waals surface area contributed by atoms with Crippen LogP contribution >= 0.6 is 0 Å². The van der Waals surface area contributed by atoms with E-state index in [-0.39, 0.29) is 0 Å². The molecule has 128 valence electrons. The van der Waals surface area contributed by atoms with Crippen molar-refractivity contribution >= 4 is 23.1 Å². The molecule has 0 radical (unpaired) electrons. The molecule has 0 saturated heterocycles. The second-order valence-electron chi connectivity index (χ2n) is 5.94. The topological polar surface area (TPSA) is 62.7 Å². The molecule has 0 saturated carbocycles. The summed E-state index contributed by atoms with van der Waals surface area (Å²) in [5.74, 6) is 1.15. The number of hydrogen-bond donors (Lipinski definition) is 2. The van der Waals surface area contributed by atoms with E-state index in [4.69, 9.17) is 0 Å². The van der Waals surface area contributed by atoms with Crippen molar-refractivity contribution in [3.63, 3.8) is 0 Å². The van der Waals surface area contributed by atoms with Gasteiger partial charge < -0.3 is 10.6 Å². The number of hydrogen-bond acceptors (Lipinski definition) is 5. The van der Waals surface area contributed by atoms with Gasteiger partial charge in [-0.05, 0) is 43.0 Å². The van der Waals surface area contributed by atoms with Gasteiger partial charge in [-0.3, -0.25) is 0 Å². The molecule has 0 unspecified atom stereocenters. The minimum absolute atomic E-state index is 0.493. The molecule has 1 heterocycles. The van der Waals surface area contributed by atoms with Crippen LogP contribution in [0.25, 0.3) is 0 Å². The normalized spacial score (nSPS) is 10.5. The van der Waals surface area contributed by atoms with E-state index in [0.29, 0.717) is 11.8 Å². The SMILES string of the molecule is CCc1cccc(CC)c1Nc1nncc(Nc2ccc(C)cc2)n1. The fourth-order valence-corrected chi connectivity index (χ4v) is 2.72. The van der Waals surface area contributed by atoms with Gasteiger partial charge >= 0.3 is 0 Å². The Labute approximate surface area is 148 Å². The molecule has 0 spiro atoms. The van der Waals surface area contributed by atoms with E-state index in [1.165, 1.54) is 16.7 Å². The molecule has 0 atom stereocenters. The Morgan fingerprint density at radius 2 is 1.56 bits per heavy atom. The van der Waals surface area contributed by atoms with Crippen LogP contribution in [-0.2, 0) is 12.8 Å². The highest BCUT2D eigenvalue weighted by atomic mass is 15.3. The standard InChI is InChI=1S/C20H23N5/c1-4-15-7-6-8-16(5-2)19(15)24-20-23-18(13-21-25-20)22-17-11-9-14(3)10-12-17/h6-13H,4-5H2,1-3H3,(H2,22,23,24,25). The minimum atomic E-state index is 0.493. The molecule has 3 rings (SSSR count). The summed E-state index contributed by atoms with van der Waals surface area (Å²) >= 11 is 0. The van der Waals surface area contributed by atoms with Gasteiger partial charge in [-0.25, -0.2) is 0 Å². The largest absolute Gasteiger partial charge is 0.339 e. The van der Waals surface area contributed by atoms with Crippen LogP contribution < -0.4 is 10.6 Å². The second kappa shape index (κ2) is 7.75. The third-order valence-electron chi connectivity index (χ3n) is 4.12. The zero-order valence-electron chi connectivity index (χ0n) is 14.9. The molecule has 0 aliphatic carbocycles. The molecule has 1 aromatic heterocycles. The van der Waals surface area contributed by atoms with Crippen molar-refractivity contribution in [1.29, 1.82) is 0 Å². The number of anilines is 4. The quantitative estimate of drug-likeness (QED) is 0.679. The monoisotopic (exact) mass is 333 g/mol. The summed E-state index contributed by atoms with van der Waals surface area (Å²) < 4.78 is 0. The number of benzene rings is 2. The number of nitrogens with one attached hydrogen (secondary N) is 2. The molecule has 0 bridgehead atoms. The molecule has 0 aliphatic rings. The van der Waals surface area contributed by atoms with Gasteiger partial charge in [-0.2, -0.15) is 10.1 Å². The maximum atomic E-state index is 4.54. The van der Waals surface area contributed by atoms with Crippen molar-refractivity contribution in [3.05, 3.63) is 65.4 Å². The molecule has 3 aromatic rings. The van der Waals surface area contributed by atoms with Crippen LogP contribution in [0.3, 0.4) is 0 Å². The molecule has 0 amide bonds. The number of nitrogens with zero attached hydrogens (tertiary/aromatic N) is 3. The highest BCUT2D eigenvalue weighted by Crippen LogP contribution is 2.25. The van der Waals surface area contributed by atoms with Crippen molar-refractivity contribution in [1.82, 2.24) is 15.2 Å². The van der Waals surface area contributed by atoms with Gasteiger partial charge in [0.2, 0.25) is 5.95 Å². The first-order chi connectivity index (χ1) is 12.2. The van der Waals surface area contributed by atoms with Crippen LogP contribution in [0.15, 0.2) is 48.7 Å². The second-order valence-corrected chi connectivity index (χ2v) is 5.94. The van der Waals surface area contributed by atoms with Crippen LogP contribution in [-0.4, -0.2) is 15.2 Å². The van der Waals surface area contributed by atoms with Crippen molar-refractivity contribution in [2.45, 2.75) is 33.6 Å². The maximum absolute atomic E-state index is 4.54. The van der Waals surface area contributed by atoms with Crippen LogP contribution in [0.2, 0.25) is 0 Å². The smallest absolute Gasteiger partial charge is 0.249 e. The molecule has 25 heavy (non-hydrogen) atoms. The van der Waals surface area contributed by atoms with Gasteiger partial charge in [-0.15, -0.1) is 5.10 Å². The molecular formula is C20H23N5. The van der Waals surface area contributed by atoms with Gasteiger partial charge in [0.05, 0.1) is 6.20 Å². The lowest BCUT2D eigenvalue weighted by Crippen LogP contribution is -2.05. The Morgan fingerprint density at radius 3 is 2.20 bits per heavy atom. The fraction of sp³-hybridized carbons (Fsp3) is 0.250. The Hall–Kier alpha value is -2.95. The first-order valence-corrected chi connectivity index (χ1v) is 8.60. The summed E-state index contributed by atoms with van der Waals surface area (Å²) in [4.78, 5) is 4.54. The van der Waals surface area contributed by atoms with Gasteiger partial charge in [0.1, 0.15) is 0 Å². The van der Waals surface area contributed by atoms with E-state index in [2.05, 4.69) is 76.9 Å². The third-order valence-corrected chi connectivity index (χ3v) is 4.12. The Balaban J connectivity index is 1.84. The lowest BCUT2D eigenvalue weighted by atomic mass is 10.0. The van der Waals surface area contributed by atoms with Crippen molar-refractivity contribution in [2.75, 3.05) is 10.6 Å². The zero-order valence-corrected chi connectivity index (χ0v) is 14.9. The number of para-hydroxylation sites is 1. The van der Waals surface area contributed by atoms with E-state index in [1.54, 1.807) is 6.20 Å². The van der Waals surface area contributed by atoms with Gasteiger partial charge in [0, 0.05) is 11.4 Å². The number of rotatable bonds is 6. The summed E-state index contributed by atoms with van der Waals surface area (Å²) in [5.41, 5.74) is 5.78. The molecule has 5 nitrogen and oxygen atoms in total. The van der Waals surface area contributed by atoms with E-state index < -0.39 is 0 Å². The third kappa shape index (κ3) is 4.12. The Bertz CT molecular complexity index is 821. The van der Waals surface area contributed by atoms with Gasteiger partial charge in [-0.1, -0.05) is 49.7 Å². The van der Waals surface area contributed by atoms with Crippen LogP contribution in [0, 0.1) is 6.92 Å². The highest BCUT2D eigenvalue weighted by molar-refractivity contribution is 5.64. The fourth-order valence-electron chi connectivity index (χ4n) is 2.72. The number of aryl methyl sites for hydroxylation is 3. The van der Waals surface area contributed by atoms with Crippen molar-refractivity contribution < 1.29 is 0 Å². The average molecular weight is 333 g/mol. The first-order valence-electron chi connectivity index (χ1n) is 8.60. The van der Waals surface area contributed by atoms with Crippen LogP contribution in [0.5, 0.6) is 0 Å². The van der Waals surface area contributed by atoms with E-state index >= 15 is 0 Å². The molecule has 0 fully saturated rings. The van der Waals surface area contributed by atoms with Gasteiger partial charge in [0.15, 0.2) is 5.82 Å².